The highest BCUT2D eigenvalue weighted by Crippen LogP contribution is 2.05. The SMILES string of the molecule is O=Cc1cc(=O)ss1. The molecular formula is C4H2O2S2. The standard InChI is InChI=1S/C4H2O2S2/c5-2-3-1-4(6)8-7-3/h1-2H. The third kappa shape index (κ3) is 1.02. The molecule has 0 aliphatic carbocycles. The maximum absolute atomic E-state index is 10.3. The molecule has 42 valence electrons. The van der Waals surface area contributed by atoms with Gasteiger partial charge in [-0.15, -0.1) is 0 Å². The maximum Gasteiger partial charge on any atom is 0.243 e. The lowest BCUT2D eigenvalue weighted by Gasteiger charge is -1.63. The van der Waals surface area contributed by atoms with Crippen molar-refractivity contribution in [3.8, 4) is 0 Å². The number of carbonyl (C=O) groups is 1. The number of hydrogen-bond acceptors (Lipinski definition) is 4. The minimum absolute atomic E-state index is 0.0444. The Bertz CT molecular complexity index is 234. The first kappa shape index (κ1) is 5.65. The van der Waals surface area contributed by atoms with Gasteiger partial charge >= 0.3 is 0 Å². The lowest BCUT2D eigenvalue weighted by Crippen LogP contribution is -1.82. The first-order valence-electron chi connectivity index (χ1n) is 1.88. The molecule has 0 aromatic carbocycles. The van der Waals surface area contributed by atoms with E-state index < -0.39 is 0 Å². The van der Waals surface area contributed by atoms with Crippen LogP contribution in [0.5, 0.6) is 0 Å². The van der Waals surface area contributed by atoms with E-state index in [2.05, 4.69) is 0 Å². The van der Waals surface area contributed by atoms with Crippen LogP contribution in [0, 0.1) is 0 Å². The van der Waals surface area contributed by atoms with E-state index >= 15 is 0 Å². The van der Waals surface area contributed by atoms with Crippen LogP contribution in [0.25, 0.3) is 0 Å². The van der Waals surface area contributed by atoms with Crippen molar-refractivity contribution in [1.82, 2.24) is 0 Å². The Labute approximate surface area is 52.8 Å². The second-order valence-corrected chi connectivity index (χ2v) is 3.36. The molecule has 1 aromatic heterocycles. The van der Waals surface area contributed by atoms with Gasteiger partial charge in [0.1, 0.15) is 0 Å². The Kier molecular flexibility index (Phi) is 1.55. The summed E-state index contributed by atoms with van der Waals surface area (Å²) in [5, 5.41) is 0. The lowest BCUT2D eigenvalue weighted by atomic mass is 10.6. The summed E-state index contributed by atoms with van der Waals surface area (Å²) in [7, 11) is 2.29. The highest BCUT2D eigenvalue weighted by atomic mass is 32.9. The number of carbonyl (C=O) groups excluding carboxylic acids is 1. The van der Waals surface area contributed by atoms with Gasteiger partial charge in [0.2, 0.25) is 4.74 Å². The van der Waals surface area contributed by atoms with Gasteiger partial charge in [0.05, 0.1) is 4.88 Å². The second kappa shape index (κ2) is 2.19. The van der Waals surface area contributed by atoms with Crippen LogP contribution in [0.3, 0.4) is 0 Å². The van der Waals surface area contributed by atoms with Crippen molar-refractivity contribution in [3.05, 3.63) is 20.5 Å². The summed E-state index contributed by atoms with van der Waals surface area (Å²) in [6.45, 7) is 0. The van der Waals surface area contributed by atoms with E-state index in [4.69, 9.17) is 0 Å². The molecule has 0 saturated carbocycles. The largest absolute Gasteiger partial charge is 0.297 e. The van der Waals surface area contributed by atoms with E-state index in [1.807, 2.05) is 0 Å². The minimum atomic E-state index is -0.0444. The van der Waals surface area contributed by atoms with Gasteiger partial charge in [0, 0.05) is 6.07 Å². The average Bonchev–Trinajstić information content (AvgIpc) is 2.14. The summed E-state index contributed by atoms with van der Waals surface area (Å²) in [6, 6.07) is 1.34. The fourth-order valence-corrected chi connectivity index (χ4v) is 1.87. The van der Waals surface area contributed by atoms with E-state index in [-0.39, 0.29) is 4.74 Å². The van der Waals surface area contributed by atoms with E-state index in [9.17, 15) is 9.59 Å². The lowest BCUT2D eigenvalue weighted by molar-refractivity contribution is 0.112. The molecule has 4 heteroatoms. The molecule has 8 heavy (non-hydrogen) atoms. The van der Waals surface area contributed by atoms with Crippen LogP contribution in [0.2, 0.25) is 0 Å². The molecule has 0 radical (unpaired) electrons. The Hall–Kier alpha value is -0.480. The number of rotatable bonds is 1. The van der Waals surface area contributed by atoms with E-state index in [1.165, 1.54) is 16.4 Å². The van der Waals surface area contributed by atoms with Crippen molar-refractivity contribution in [2.24, 2.45) is 0 Å². The van der Waals surface area contributed by atoms with Crippen molar-refractivity contribution in [3.63, 3.8) is 0 Å². The maximum atomic E-state index is 10.3. The van der Waals surface area contributed by atoms with Gasteiger partial charge in [0.25, 0.3) is 0 Å². The molecule has 0 N–H and O–H groups in total. The quantitative estimate of drug-likeness (QED) is 0.437. The Morgan fingerprint density at radius 3 is 2.50 bits per heavy atom. The summed E-state index contributed by atoms with van der Waals surface area (Å²) in [4.78, 5) is 20.7. The van der Waals surface area contributed by atoms with Crippen LogP contribution in [0.4, 0.5) is 0 Å². The summed E-state index contributed by atoms with van der Waals surface area (Å²) >= 11 is 0. The Morgan fingerprint density at radius 1 is 1.50 bits per heavy atom. The summed E-state index contributed by atoms with van der Waals surface area (Å²) < 4.78 is -0.0444. The third-order valence-electron chi connectivity index (χ3n) is 0.596. The van der Waals surface area contributed by atoms with Gasteiger partial charge in [-0.2, -0.15) is 0 Å². The van der Waals surface area contributed by atoms with Gasteiger partial charge in [0.15, 0.2) is 6.29 Å². The van der Waals surface area contributed by atoms with Crippen LogP contribution in [0.1, 0.15) is 9.67 Å². The summed E-state index contributed by atoms with van der Waals surface area (Å²) in [5.74, 6) is 0. The first-order valence-corrected chi connectivity index (χ1v) is 4.03. The first-order chi connectivity index (χ1) is 3.83. The molecular weight excluding hydrogens is 144 g/mol. The van der Waals surface area contributed by atoms with Crippen LogP contribution >= 0.6 is 20.7 Å². The summed E-state index contributed by atoms with van der Waals surface area (Å²) in [6.07, 6.45) is 0.683. The molecule has 2 nitrogen and oxygen atoms in total. The van der Waals surface area contributed by atoms with Gasteiger partial charge in [-0.05, 0) is 10.3 Å². The molecule has 0 amide bonds. The van der Waals surface area contributed by atoms with Crippen LogP contribution in [0.15, 0.2) is 10.9 Å². The van der Waals surface area contributed by atoms with Crippen molar-refractivity contribution in [1.29, 1.82) is 0 Å². The smallest absolute Gasteiger partial charge is 0.243 e. The zero-order valence-electron chi connectivity index (χ0n) is 3.79. The molecule has 0 aliphatic rings. The van der Waals surface area contributed by atoms with E-state index in [0.717, 1.165) is 10.3 Å². The van der Waals surface area contributed by atoms with Gasteiger partial charge in [-0.3, -0.25) is 9.59 Å². The number of aldehydes is 1. The van der Waals surface area contributed by atoms with Crippen LogP contribution in [-0.2, 0) is 0 Å². The van der Waals surface area contributed by atoms with Crippen molar-refractivity contribution in [2.45, 2.75) is 0 Å². The molecule has 1 rings (SSSR count). The normalized spacial score (nSPS) is 9.00. The minimum Gasteiger partial charge on any atom is -0.297 e. The molecule has 1 heterocycles. The van der Waals surface area contributed by atoms with E-state index in [0.29, 0.717) is 11.2 Å². The molecule has 0 bridgehead atoms. The van der Waals surface area contributed by atoms with E-state index in [1.54, 1.807) is 0 Å². The molecule has 0 saturated heterocycles. The topological polar surface area (TPSA) is 34.1 Å². The van der Waals surface area contributed by atoms with Crippen molar-refractivity contribution >= 4 is 27.0 Å². The molecule has 0 unspecified atom stereocenters. The Morgan fingerprint density at radius 2 is 2.25 bits per heavy atom. The Balaban J connectivity index is 3.18. The zero-order chi connectivity index (χ0) is 5.98. The fraction of sp³-hybridized carbons (Fsp3) is 0. The third-order valence-corrected chi connectivity index (χ3v) is 2.69. The molecule has 0 spiro atoms. The molecule has 0 atom stereocenters. The monoisotopic (exact) mass is 146 g/mol. The molecule has 1 aromatic rings. The van der Waals surface area contributed by atoms with Gasteiger partial charge in [-0.25, -0.2) is 0 Å². The number of hydrogen-bond donors (Lipinski definition) is 0. The summed E-state index contributed by atoms with van der Waals surface area (Å²) in [5.41, 5.74) is 0. The van der Waals surface area contributed by atoms with Crippen molar-refractivity contribution in [2.75, 3.05) is 0 Å². The predicted octanol–water partition coefficient (Wildman–Crippen LogP) is 0.982. The highest BCUT2D eigenvalue weighted by Gasteiger charge is 1.91. The molecule has 0 fully saturated rings. The van der Waals surface area contributed by atoms with Gasteiger partial charge in [-0.1, -0.05) is 10.3 Å². The highest BCUT2D eigenvalue weighted by molar-refractivity contribution is 7.68. The van der Waals surface area contributed by atoms with Crippen LogP contribution in [-0.4, -0.2) is 6.29 Å². The van der Waals surface area contributed by atoms with Crippen LogP contribution < -0.4 is 4.74 Å². The zero-order valence-corrected chi connectivity index (χ0v) is 5.42. The predicted molar refractivity (Wildman–Crippen MR) is 33.9 cm³/mol. The second-order valence-electron chi connectivity index (χ2n) is 1.15. The fourth-order valence-electron chi connectivity index (χ4n) is 0.307. The average molecular weight is 146 g/mol. The molecule has 0 aliphatic heterocycles. The van der Waals surface area contributed by atoms with Crippen molar-refractivity contribution < 1.29 is 4.79 Å². The van der Waals surface area contributed by atoms with Gasteiger partial charge < -0.3 is 0 Å².